The quantitative estimate of drug-likeness (QED) is 0.736. The maximum Gasteiger partial charge on any atom is 0.251 e. The van der Waals surface area contributed by atoms with E-state index in [0.717, 1.165) is 31.2 Å². The van der Waals surface area contributed by atoms with Crippen molar-refractivity contribution >= 4 is 45.5 Å². The largest absolute Gasteiger partial charge is 0.365 e. The van der Waals surface area contributed by atoms with Crippen LogP contribution in [0.5, 0.6) is 0 Å². The van der Waals surface area contributed by atoms with Crippen LogP contribution in [0.25, 0.3) is 0 Å². The van der Waals surface area contributed by atoms with E-state index < -0.39 is 5.91 Å². The number of carbonyl (C=O) groups excluding carboxylic acids is 2. The van der Waals surface area contributed by atoms with Gasteiger partial charge in [0.25, 0.3) is 5.91 Å². The molecule has 0 spiro atoms. The van der Waals surface area contributed by atoms with Gasteiger partial charge < -0.3 is 16.4 Å². The van der Waals surface area contributed by atoms with Crippen LogP contribution in [0.4, 0.5) is 5.00 Å². The number of hydrogen-bond acceptors (Lipinski definition) is 4. The van der Waals surface area contributed by atoms with E-state index in [2.05, 4.69) is 17.6 Å². The first-order valence-electron chi connectivity index (χ1n) is 7.47. The van der Waals surface area contributed by atoms with Gasteiger partial charge in [0, 0.05) is 11.3 Å². The first-order chi connectivity index (χ1) is 10.4. The zero-order valence-corrected chi connectivity index (χ0v) is 14.5. The predicted molar refractivity (Wildman–Crippen MR) is 93.3 cm³/mol. The van der Waals surface area contributed by atoms with Gasteiger partial charge in [-0.1, -0.05) is 13.8 Å². The lowest BCUT2D eigenvalue weighted by Crippen LogP contribution is -2.34. The number of thiophene rings is 1. The van der Waals surface area contributed by atoms with Crippen LogP contribution in [0.2, 0.25) is 0 Å². The van der Waals surface area contributed by atoms with E-state index in [0.29, 0.717) is 22.9 Å². The maximum absolute atomic E-state index is 11.8. The van der Waals surface area contributed by atoms with Crippen LogP contribution >= 0.6 is 23.6 Å². The molecule has 0 saturated heterocycles. The maximum atomic E-state index is 11.8. The molecule has 1 aromatic heterocycles. The molecule has 0 saturated carbocycles. The summed E-state index contributed by atoms with van der Waals surface area (Å²) >= 11 is 6.66. The molecule has 1 aromatic rings. The molecule has 5 nitrogen and oxygen atoms in total. The van der Waals surface area contributed by atoms with Gasteiger partial charge in [0.05, 0.1) is 5.56 Å². The van der Waals surface area contributed by atoms with Gasteiger partial charge in [-0.25, -0.2) is 0 Å². The minimum atomic E-state index is -0.447. The van der Waals surface area contributed by atoms with E-state index in [9.17, 15) is 9.59 Å². The third kappa shape index (κ3) is 3.84. The first-order valence-corrected chi connectivity index (χ1v) is 8.70. The molecular formula is C15H21N3O2S2. The Hall–Kier alpha value is -1.47. The number of anilines is 1. The zero-order chi connectivity index (χ0) is 16.3. The second-order valence-electron chi connectivity index (χ2n) is 5.67. The summed E-state index contributed by atoms with van der Waals surface area (Å²) in [6.45, 7) is 4.13. The van der Waals surface area contributed by atoms with E-state index in [4.69, 9.17) is 18.0 Å². The highest BCUT2D eigenvalue weighted by Gasteiger charge is 2.26. The Morgan fingerprint density at radius 2 is 2.18 bits per heavy atom. The predicted octanol–water partition coefficient (Wildman–Crippen LogP) is 2.58. The number of hydrogen-bond donors (Lipinski definition) is 3. The molecule has 1 heterocycles. The Kier molecular flexibility index (Phi) is 5.52. The van der Waals surface area contributed by atoms with Crippen LogP contribution in [0.3, 0.4) is 0 Å². The van der Waals surface area contributed by atoms with Crippen LogP contribution in [0.15, 0.2) is 0 Å². The summed E-state index contributed by atoms with van der Waals surface area (Å²) in [6.07, 6.45) is 4.05. The zero-order valence-electron chi connectivity index (χ0n) is 12.8. The van der Waals surface area contributed by atoms with Gasteiger partial charge in [-0.2, -0.15) is 0 Å². The van der Waals surface area contributed by atoms with Crippen LogP contribution < -0.4 is 16.4 Å². The summed E-state index contributed by atoms with van der Waals surface area (Å²) in [5.41, 5.74) is 7.11. The molecule has 0 bridgehead atoms. The highest BCUT2D eigenvalue weighted by Crippen LogP contribution is 2.39. The Labute approximate surface area is 139 Å². The van der Waals surface area contributed by atoms with Crippen molar-refractivity contribution in [3.63, 3.8) is 0 Å². The number of rotatable bonds is 4. The molecule has 0 aliphatic heterocycles. The molecule has 0 unspecified atom stereocenters. The number of carbonyl (C=O) groups is 2. The standard InChI is InChI=1S/C15H21N3O2S2/c1-3-4-11(19)17-15(21)18-14-12(13(16)20)9-6-5-8(2)7-10(9)22-14/h8H,3-7H2,1-2H3,(H2,16,20)(H2,17,18,19,21)/t8-/m1/s1. The number of fused-ring (bicyclic) bond motifs is 1. The second-order valence-corrected chi connectivity index (χ2v) is 7.19. The van der Waals surface area contributed by atoms with Gasteiger partial charge in [0.1, 0.15) is 5.00 Å². The van der Waals surface area contributed by atoms with Crippen molar-refractivity contribution in [3.8, 4) is 0 Å². The molecule has 0 aromatic carbocycles. The van der Waals surface area contributed by atoms with Crippen molar-refractivity contribution in [2.75, 3.05) is 5.32 Å². The summed E-state index contributed by atoms with van der Waals surface area (Å²) in [5, 5.41) is 6.45. The number of primary amides is 1. The molecule has 120 valence electrons. The number of nitrogens with two attached hydrogens (primary N) is 1. The summed E-state index contributed by atoms with van der Waals surface area (Å²) < 4.78 is 0. The molecule has 1 aliphatic carbocycles. The summed E-state index contributed by atoms with van der Waals surface area (Å²) in [4.78, 5) is 24.6. The highest BCUT2D eigenvalue weighted by atomic mass is 32.1. The van der Waals surface area contributed by atoms with E-state index in [1.165, 1.54) is 16.2 Å². The molecule has 0 fully saturated rings. The monoisotopic (exact) mass is 339 g/mol. The summed E-state index contributed by atoms with van der Waals surface area (Å²) in [6, 6.07) is 0. The second kappa shape index (κ2) is 7.19. The average Bonchev–Trinajstić information content (AvgIpc) is 2.75. The van der Waals surface area contributed by atoms with Gasteiger partial charge in [-0.05, 0) is 49.4 Å². The van der Waals surface area contributed by atoms with Crippen LogP contribution in [0.1, 0.15) is 53.9 Å². The molecular weight excluding hydrogens is 318 g/mol. The Morgan fingerprint density at radius 3 is 2.82 bits per heavy atom. The summed E-state index contributed by atoms with van der Waals surface area (Å²) in [7, 11) is 0. The first kappa shape index (κ1) is 16.9. The molecule has 2 amide bonds. The van der Waals surface area contributed by atoms with Gasteiger partial charge in [0.2, 0.25) is 5.91 Å². The fourth-order valence-electron chi connectivity index (χ4n) is 2.65. The van der Waals surface area contributed by atoms with Crippen molar-refractivity contribution in [1.82, 2.24) is 5.32 Å². The van der Waals surface area contributed by atoms with Crippen LogP contribution in [0, 0.1) is 5.92 Å². The fourth-order valence-corrected chi connectivity index (χ4v) is 4.35. The van der Waals surface area contributed by atoms with Crippen LogP contribution in [-0.2, 0) is 17.6 Å². The van der Waals surface area contributed by atoms with E-state index >= 15 is 0 Å². The van der Waals surface area contributed by atoms with Gasteiger partial charge in [-0.3, -0.25) is 9.59 Å². The minimum Gasteiger partial charge on any atom is -0.365 e. The van der Waals surface area contributed by atoms with E-state index in [-0.39, 0.29) is 11.0 Å². The smallest absolute Gasteiger partial charge is 0.251 e. The van der Waals surface area contributed by atoms with Crippen molar-refractivity contribution in [3.05, 3.63) is 16.0 Å². The molecule has 0 radical (unpaired) electrons. The lowest BCUT2D eigenvalue weighted by molar-refractivity contribution is -0.119. The molecule has 7 heteroatoms. The normalized spacial score (nSPS) is 16.7. The van der Waals surface area contributed by atoms with Gasteiger partial charge >= 0.3 is 0 Å². The Bertz CT molecular complexity index is 610. The Morgan fingerprint density at radius 1 is 1.45 bits per heavy atom. The van der Waals surface area contributed by atoms with Crippen molar-refractivity contribution in [2.24, 2.45) is 11.7 Å². The average molecular weight is 339 g/mol. The lowest BCUT2D eigenvalue weighted by Gasteiger charge is -2.18. The SMILES string of the molecule is CCCC(=O)NC(=S)Nc1sc2c(c1C(N)=O)CC[C@@H](C)C2. The Balaban J connectivity index is 2.18. The lowest BCUT2D eigenvalue weighted by atomic mass is 9.88. The van der Waals surface area contributed by atoms with E-state index in [1.54, 1.807) is 0 Å². The highest BCUT2D eigenvalue weighted by molar-refractivity contribution is 7.80. The third-order valence-electron chi connectivity index (χ3n) is 3.72. The number of thiocarbonyl (C=S) groups is 1. The van der Waals surface area contributed by atoms with Crippen molar-refractivity contribution in [2.45, 2.75) is 46.0 Å². The number of nitrogens with one attached hydrogen (secondary N) is 2. The van der Waals surface area contributed by atoms with Gasteiger partial charge in [-0.15, -0.1) is 11.3 Å². The van der Waals surface area contributed by atoms with E-state index in [1.807, 2.05) is 6.92 Å². The molecule has 22 heavy (non-hydrogen) atoms. The topological polar surface area (TPSA) is 84.2 Å². The fraction of sp³-hybridized carbons (Fsp3) is 0.533. The van der Waals surface area contributed by atoms with Crippen molar-refractivity contribution < 1.29 is 9.59 Å². The number of amides is 2. The molecule has 2 rings (SSSR count). The molecule has 1 aliphatic rings. The van der Waals surface area contributed by atoms with Crippen molar-refractivity contribution in [1.29, 1.82) is 0 Å². The van der Waals surface area contributed by atoms with Crippen LogP contribution in [-0.4, -0.2) is 16.9 Å². The molecule has 1 atom stereocenters. The van der Waals surface area contributed by atoms with Gasteiger partial charge in [0.15, 0.2) is 5.11 Å². The minimum absolute atomic E-state index is 0.129. The third-order valence-corrected chi connectivity index (χ3v) is 5.09. The molecule has 4 N–H and O–H groups in total. The summed E-state index contributed by atoms with van der Waals surface area (Å²) in [5.74, 6) is 0.0312.